The highest BCUT2D eigenvalue weighted by Crippen LogP contribution is 2.17. The SMILES string of the molecule is CCN(CCCO)C(=O)N1CCC(C)CC1. The normalized spacial score (nSPS) is 17.6. The molecule has 16 heavy (non-hydrogen) atoms. The predicted octanol–water partition coefficient (Wildman–Crippen LogP) is 1.54. The second-order valence-electron chi connectivity index (χ2n) is 4.61. The van der Waals surface area contributed by atoms with Gasteiger partial charge in [-0.1, -0.05) is 6.92 Å². The Morgan fingerprint density at radius 2 is 2.06 bits per heavy atom. The van der Waals surface area contributed by atoms with Crippen LogP contribution in [0.5, 0.6) is 0 Å². The molecule has 0 aromatic rings. The summed E-state index contributed by atoms with van der Waals surface area (Å²) in [6, 6.07) is 0.142. The van der Waals surface area contributed by atoms with Gasteiger partial charge in [-0.15, -0.1) is 0 Å². The smallest absolute Gasteiger partial charge is 0.319 e. The molecule has 0 spiro atoms. The lowest BCUT2D eigenvalue weighted by atomic mass is 9.99. The van der Waals surface area contributed by atoms with Gasteiger partial charge in [-0.2, -0.15) is 0 Å². The summed E-state index contributed by atoms with van der Waals surface area (Å²) in [5.74, 6) is 0.747. The van der Waals surface area contributed by atoms with E-state index in [0.717, 1.165) is 38.4 Å². The lowest BCUT2D eigenvalue weighted by Gasteiger charge is -2.34. The third-order valence-electron chi connectivity index (χ3n) is 3.29. The second kappa shape index (κ2) is 6.74. The lowest BCUT2D eigenvalue weighted by Crippen LogP contribution is -2.46. The zero-order valence-corrected chi connectivity index (χ0v) is 10.5. The first-order valence-electron chi connectivity index (χ1n) is 6.33. The molecule has 0 aliphatic carbocycles. The number of amides is 2. The van der Waals surface area contributed by atoms with E-state index < -0.39 is 0 Å². The van der Waals surface area contributed by atoms with Gasteiger partial charge in [-0.05, 0) is 32.1 Å². The summed E-state index contributed by atoms with van der Waals surface area (Å²) < 4.78 is 0. The van der Waals surface area contributed by atoms with Crippen LogP contribution < -0.4 is 0 Å². The Hall–Kier alpha value is -0.770. The summed E-state index contributed by atoms with van der Waals surface area (Å²) in [7, 11) is 0. The van der Waals surface area contributed by atoms with Crippen LogP contribution in [0.2, 0.25) is 0 Å². The maximum absolute atomic E-state index is 12.1. The van der Waals surface area contributed by atoms with Gasteiger partial charge >= 0.3 is 6.03 Å². The fourth-order valence-electron chi connectivity index (χ4n) is 2.05. The van der Waals surface area contributed by atoms with Crippen LogP contribution in [-0.2, 0) is 0 Å². The van der Waals surface area contributed by atoms with Crippen molar-refractivity contribution in [1.29, 1.82) is 0 Å². The van der Waals surface area contributed by atoms with Crippen molar-refractivity contribution in [2.75, 3.05) is 32.8 Å². The van der Waals surface area contributed by atoms with E-state index in [1.54, 1.807) is 0 Å². The summed E-state index contributed by atoms with van der Waals surface area (Å²) in [4.78, 5) is 15.9. The van der Waals surface area contributed by atoms with E-state index in [2.05, 4.69) is 6.92 Å². The minimum absolute atomic E-state index is 0.142. The van der Waals surface area contributed by atoms with Crippen molar-refractivity contribution in [2.45, 2.75) is 33.1 Å². The number of aliphatic hydroxyl groups excluding tert-OH is 1. The minimum Gasteiger partial charge on any atom is -0.396 e. The van der Waals surface area contributed by atoms with E-state index in [1.165, 1.54) is 0 Å². The van der Waals surface area contributed by atoms with Gasteiger partial charge in [0, 0.05) is 32.8 Å². The molecular formula is C12H24N2O2. The van der Waals surface area contributed by atoms with Gasteiger partial charge in [0.25, 0.3) is 0 Å². The quantitative estimate of drug-likeness (QED) is 0.793. The van der Waals surface area contributed by atoms with Crippen LogP contribution in [0.15, 0.2) is 0 Å². The van der Waals surface area contributed by atoms with Gasteiger partial charge in [0.05, 0.1) is 0 Å². The highest BCUT2D eigenvalue weighted by Gasteiger charge is 2.23. The molecule has 0 bridgehead atoms. The fourth-order valence-corrected chi connectivity index (χ4v) is 2.05. The first-order valence-corrected chi connectivity index (χ1v) is 6.33. The van der Waals surface area contributed by atoms with Crippen LogP contribution in [0.4, 0.5) is 4.79 Å². The van der Waals surface area contributed by atoms with Crippen LogP contribution in [0.25, 0.3) is 0 Å². The van der Waals surface area contributed by atoms with Crippen molar-refractivity contribution in [3.63, 3.8) is 0 Å². The monoisotopic (exact) mass is 228 g/mol. The molecule has 1 aliphatic rings. The summed E-state index contributed by atoms with van der Waals surface area (Å²) in [6.07, 6.45) is 2.90. The molecule has 0 aromatic carbocycles. The minimum atomic E-state index is 0.142. The predicted molar refractivity (Wildman–Crippen MR) is 64.3 cm³/mol. The van der Waals surface area contributed by atoms with Crippen LogP contribution in [-0.4, -0.2) is 53.7 Å². The lowest BCUT2D eigenvalue weighted by molar-refractivity contribution is 0.133. The Balaban J connectivity index is 2.41. The molecule has 1 heterocycles. The Labute approximate surface area is 98.2 Å². The number of hydrogen-bond donors (Lipinski definition) is 1. The molecule has 1 saturated heterocycles. The van der Waals surface area contributed by atoms with Crippen molar-refractivity contribution >= 4 is 6.03 Å². The highest BCUT2D eigenvalue weighted by molar-refractivity contribution is 5.74. The largest absolute Gasteiger partial charge is 0.396 e. The van der Waals surface area contributed by atoms with Gasteiger partial charge in [0.2, 0.25) is 0 Å². The van der Waals surface area contributed by atoms with Crippen molar-refractivity contribution < 1.29 is 9.90 Å². The number of hydrogen-bond acceptors (Lipinski definition) is 2. The molecule has 94 valence electrons. The third kappa shape index (κ3) is 3.67. The topological polar surface area (TPSA) is 43.8 Å². The van der Waals surface area contributed by atoms with Crippen molar-refractivity contribution in [3.05, 3.63) is 0 Å². The fraction of sp³-hybridized carbons (Fsp3) is 0.917. The maximum Gasteiger partial charge on any atom is 0.319 e. The number of aliphatic hydroxyl groups is 1. The summed E-state index contributed by atoms with van der Waals surface area (Å²) in [6.45, 7) is 7.54. The summed E-state index contributed by atoms with van der Waals surface area (Å²) in [5, 5.41) is 8.79. The summed E-state index contributed by atoms with van der Waals surface area (Å²) >= 11 is 0. The van der Waals surface area contributed by atoms with E-state index in [1.807, 2.05) is 16.7 Å². The Bertz CT molecular complexity index is 206. The first kappa shape index (κ1) is 13.3. The van der Waals surface area contributed by atoms with Gasteiger partial charge in [0.15, 0.2) is 0 Å². The molecule has 1 fully saturated rings. The van der Waals surface area contributed by atoms with E-state index in [4.69, 9.17) is 5.11 Å². The van der Waals surface area contributed by atoms with E-state index in [-0.39, 0.29) is 12.6 Å². The second-order valence-corrected chi connectivity index (χ2v) is 4.61. The standard InChI is InChI=1S/C12H24N2O2/c1-3-13(7-4-10-15)12(16)14-8-5-11(2)6-9-14/h11,15H,3-10H2,1-2H3. The number of nitrogens with zero attached hydrogens (tertiary/aromatic N) is 2. The third-order valence-corrected chi connectivity index (χ3v) is 3.29. The molecule has 1 N–H and O–H groups in total. The Morgan fingerprint density at radius 3 is 2.56 bits per heavy atom. The number of piperidine rings is 1. The number of carbonyl (C=O) groups is 1. The van der Waals surface area contributed by atoms with E-state index in [9.17, 15) is 4.79 Å². The molecule has 0 radical (unpaired) electrons. The molecule has 4 heteroatoms. The average Bonchev–Trinajstić information content (AvgIpc) is 2.30. The number of urea groups is 1. The molecule has 1 aliphatic heterocycles. The summed E-state index contributed by atoms with van der Waals surface area (Å²) in [5.41, 5.74) is 0. The van der Waals surface area contributed by atoms with Gasteiger partial charge < -0.3 is 14.9 Å². The van der Waals surface area contributed by atoms with E-state index >= 15 is 0 Å². The first-order chi connectivity index (χ1) is 7.69. The van der Waals surface area contributed by atoms with E-state index in [0.29, 0.717) is 13.0 Å². The van der Waals surface area contributed by atoms with Crippen LogP contribution in [0, 0.1) is 5.92 Å². The number of likely N-dealkylation sites (tertiary alicyclic amines) is 1. The van der Waals surface area contributed by atoms with Crippen molar-refractivity contribution in [3.8, 4) is 0 Å². The number of carbonyl (C=O) groups excluding carboxylic acids is 1. The number of rotatable bonds is 4. The molecule has 4 nitrogen and oxygen atoms in total. The Kier molecular flexibility index (Phi) is 5.60. The van der Waals surface area contributed by atoms with Crippen molar-refractivity contribution in [1.82, 2.24) is 9.80 Å². The molecule has 2 amide bonds. The maximum atomic E-state index is 12.1. The molecule has 0 saturated carbocycles. The van der Waals surface area contributed by atoms with Gasteiger partial charge in [0.1, 0.15) is 0 Å². The van der Waals surface area contributed by atoms with Crippen LogP contribution in [0.1, 0.15) is 33.1 Å². The molecule has 0 unspecified atom stereocenters. The zero-order valence-electron chi connectivity index (χ0n) is 10.5. The molecular weight excluding hydrogens is 204 g/mol. The zero-order chi connectivity index (χ0) is 12.0. The van der Waals surface area contributed by atoms with Crippen LogP contribution in [0.3, 0.4) is 0 Å². The van der Waals surface area contributed by atoms with Crippen molar-refractivity contribution in [2.24, 2.45) is 5.92 Å². The average molecular weight is 228 g/mol. The molecule has 0 aromatic heterocycles. The van der Waals surface area contributed by atoms with Gasteiger partial charge in [-0.3, -0.25) is 0 Å². The van der Waals surface area contributed by atoms with Crippen LogP contribution >= 0.6 is 0 Å². The Morgan fingerprint density at radius 1 is 1.44 bits per heavy atom. The highest BCUT2D eigenvalue weighted by atomic mass is 16.3. The van der Waals surface area contributed by atoms with Gasteiger partial charge in [-0.25, -0.2) is 4.79 Å². The molecule has 1 rings (SSSR count). The molecule has 0 atom stereocenters.